The molecule has 2 heteroatoms. The Kier molecular flexibility index (Phi) is 2.76. The van der Waals surface area contributed by atoms with E-state index in [2.05, 4.69) is 0 Å². The molecule has 0 N–H and O–H groups in total. The molecule has 0 saturated carbocycles. The second kappa shape index (κ2) is 2.95. The lowest BCUT2D eigenvalue weighted by atomic mass is 9.88. The van der Waals surface area contributed by atoms with Crippen LogP contribution in [0.2, 0.25) is 0 Å². The van der Waals surface area contributed by atoms with Crippen molar-refractivity contribution < 1.29 is 9.59 Å². The first-order valence-electron chi connectivity index (χ1n) is 3.24. The average Bonchev–Trinajstić information content (AvgIpc) is 1.60. The standard InChI is InChI=1S/C8H13O2/c1-6(9)5-7(10)8(2,3)4/h5H,1-4H3. The van der Waals surface area contributed by atoms with Crippen LogP contribution in [-0.2, 0) is 9.59 Å². The van der Waals surface area contributed by atoms with E-state index >= 15 is 0 Å². The highest BCUT2D eigenvalue weighted by Gasteiger charge is 2.22. The highest BCUT2D eigenvalue weighted by Crippen LogP contribution is 2.15. The second-order valence-corrected chi connectivity index (χ2v) is 3.37. The largest absolute Gasteiger partial charge is 0.299 e. The topological polar surface area (TPSA) is 34.1 Å². The van der Waals surface area contributed by atoms with Crippen molar-refractivity contribution in [1.29, 1.82) is 0 Å². The van der Waals surface area contributed by atoms with Gasteiger partial charge in [0, 0.05) is 5.41 Å². The van der Waals surface area contributed by atoms with Gasteiger partial charge in [0.15, 0.2) is 0 Å². The van der Waals surface area contributed by atoms with Crippen LogP contribution in [0.4, 0.5) is 0 Å². The summed E-state index contributed by atoms with van der Waals surface area (Å²) in [5.74, 6) is -0.292. The zero-order valence-electron chi connectivity index (χ0n) is 6.89. The highest BCUT2D eigenvalue weighted by atomic mass is 16.1. The molecule has 0 aliphatic carbocycles. The van der Waals surface area contributed by atoms with Gasteiger partial charge in [-0.05, 0) is 6.92 Å². The van der Waals surface area contributed by atoms with Crippen LogP contribution in [0.3, 0.4) is 0 Å². The minimum absolute atomic E-state index is 0.111. The fourth-order valence-corrected chi connectivity index (χ4v) is 0.401. The lowest BCUT2D eigenvalue weighted by Gasteiger charge is -2.14. The van der Waals surface area contributed by atoms with Gasteiger partial charge < -0.3 is 0 Å². The lowest BCUT2D eigenvalue weighted by molar-refractivity contribution is -0.126. The van der Waals surface area contributed by atoms with Gasteiger partial charge in [-0.15, -0.1) is 0 Å². The van der Waals surface area contributed by atoms with Crippen molar-refractivity contribution in [1.82, 2.24) is 0 Å². The summed E-state index contributed by atoms with van der Waals surface area (Å²) in [5.41, 5.74) is -0.425. The summed E-state index contributed by atoms with van der Waals surface area (Å²) in [4.78, 5) is 21.4. The molecule has 10 heavy (non-hydrogen) atoms. The zero-order chi connectivity index (χ0) is 8.36. The lowest BCUT2D eigenvalue weighted by Crippen LogP contribution is -2.22. The molecule has 0 rings (SSSR count). The summed E-state index contributed by atoms with van der Waals surface area (Å²) in [6.07, 6.45) is 1.14. The quantitative estimate of drug-likeness (QED) is 0.544. The molecule has 1 radical (unpaired) electrons. The van der Waals surface area contributed by atoms with Crippen LogP contribution in [0.5, 0.6) is 0 Å². The third kappa shape index (κ3) is 3.38. The van der Waals surface area contributed by atoms with Crippen LogP contribution in [0, 0.1) is 11.8 Å². The molecule has 0 spiro atoms. The maximum absolute atomic E-state index is 11.0. The number of rotatable bonds is 2. The summed E-state index contributed by atoms with van der Waals surface area (Å²) in [6, 6.07) is 0. The van der Waals surface area contributed by atoms with Gasteiger partial charge in [0.1, 0.15) is 11.6 Å². The Hall–Kier alpha value is -0.660. The van der Waals surface area contributed by atoms with Crippen LogP contribution in [-0.4, -0.2) is 11.6 Å². The van der Waals surface area contributed by atoms with E-state index < -0.39 is 5.41 Å². The third-order valence-corrected chi connectivity index (χ3v) is 1.07. The fraction of sp³-hybridized carbons (Fsp3) is 0.625. The SMILES string of the molecule is CC(=O)[CH]C(=O)C(C)(C)C. The van der Waals surface area contributed by atoms with Crippen molar-refractivity contribution in [2.24, 2.45) is 5.41 Å². The second-order valence-electron chi connectivity index (χ2n) is 3.37. The predicted octanol–water partition coefficient (Wildman–Crippen LogP) is 1.39. The van der Waals surface area contributed by atoms with Crippen LogP contribution in [0.25, 0.3) is 0 Å². The molecule has 2 nitrogen and oxygen atoms in total. The van der Waals surface area contributed by atoms with Gasteiger partial charge in [0.2, 0.25) is 0 Å². The van der Waals surface area contributed by atoms with E-state index in [-0.39, 0.29) is 11.6 Å². The number of hydrogen-bond acceptors (Lipinski definition) is 2. The molecule has 0 aliphatic rings. The van der Waals surface area contributed by atoms with Crippen molar-refractivity contribution in [3.8, 4) is 0 Å². The number of carbonyl (C=O) groups excluding carboxylic acids is 2. The average molecular weight is 141 g/mol. The number of ketones is 2. The Balaban J connectivity index is 3.99. The first-order valence-corrected chi connectivity index (χ1v) is 3.24. The van der Waals surface area contributed by atoms with Gasteiger partial charge in [-0.2, -0.15) is 0 Å². The smallest absolute Gasteiger partial charge is 0.149 e. The number of hydrogen-bond donors (Lipinski definition) is 0. The molecule has 0 fully saturated rings. The van der Waals surface area contributed by atoms with Crippen molar-refractivity contribution in [3.63, 3.8) is 0 Å². The van der Waals surface area contributed by atoms with Gasteiger partial charge in [0.05, 0.1) is 6.42 Å². The van der Waals surface area contributed by atoms with Crippen LogP contribution in [0.15, 0.2) is 0 Å². The Labute approximate surface area is 61.6 Å². The maximum Gasteiger partial charge on any atom is 0.149 e. The molecule has 0 aliphatic heterocycles. The van der Waals surface area contributed by atoms with Gasteiger partial charge in [-0.25, -0.2) is 0 Å². The minimum atomic E-state index is -0.425. The molecule has 0 atom stereocenters. The van der Waals surface area contributed by atoms with E-state index in [0.717, 1.165) is 6.42 Å². The van der Waals surface area contributed by atoms with Crippen molar-refractivity contribution in [3.05, 3.63) is 6.42 Å². The Morgan fingerprint density at radius 2 is 1.60 bits per heavy atom. The molecule has 0 bridgehead atoms. The summed E-state index contributed by atoms with van der Waals surface area (Å²) in [7, 11) is 0. The van der Waals surface area contributed by atoms with Crippen molar-refractivity contribution >= 4 is 11.6 Å². The van der Waals surface area contributed by atoms with Gasteiger partial charge >= 0.3 is 0 Å². The molecule has 0 unspecified atom stereocenters. The zero-order valence-corrected chi connectivity index (χ0v) is 6.89. The van der Waals surface area contributed by atoms with Crippen molar-refractivity contribution in [2.75, 3.05) is 0 Å². The van der Waals surface area contributed by atoms with Gasteiger partial charge in [0.25, 0.3) is 0 Å². The summed E-state index contributed by atoms with van der Waals surface area (Å²) < 4.78 is 0. The van der Waals surface area contributed by atoms with Crippen LogP contribution < -0.4 is 0 Å². The number of carbonyl (C=O) groups is 2. The predicted molar refractivity (Wildman–Crippen MR) is 39.4 cm³/mol. The van der Waals surface area contributed by atoms with E-state index in [9.17, 15) is 9.59 Å². The minimum Gasteiger partial charge on any atom is -0.299 e. The Morgan fingerprint density at radius 1 is 1.20 bits per heavy atom. The summed E-state index contributed by atoms with van der Waals surface area (Å²) in [6.45, 7) is 6.74. The van der Waals surface area contributed by atoms with E-state index in [1.807, 2.05) is 0 Å². The van der Waals surface area contributed by atoms with Gasteiger partial charge in [-0.3, -0.25) is 9.59 Å². The van der Waals surface area contributed by atoms with E-state index in [0.29, 0.717) is 0 Å². The van der Waals surface area contributed by atoms with Crippen LogP contribution in [0.1, 0.15) is 27.7 Å². The van der Waals surface area contributed by atoms with Crippen LogP contribution >= 0.6 is 0 Å². The highest BCUT2D eigenvalue weighted by molar-refractivity contribution is 6.11. The maximum atomic E-state index is 11.0. The fourth-order valence-electron chi connectivity index (χ4n) is 0.401. The molecule has 57 valence electrons. The van der Waals surface area contributed by atoms with E-state index in [4.69, 9.17) is 0 Å². The first-order chi connectivity index (χ1) is 4.34. The van der Waals surface area contributed by atoms with E-state index in [1.165, 1.54) is 6.92 Å². The molecule has 0 saturated heterocycles. The van der Waals surface area contributed by atoms with E-state index in [1.54, 1.807) is 20.8 Å². The molecule has 0 aromatic rings. The third-order valence-electron chi connectivity index (χ3n) is 1.07. The molecule has 0 amide bonds. The Morgan fingerprint density at radius 3 is 1.70 bits per heavy atom. The monoisotopic (exact) mass is 141 g/mol. The Bertz CT molecular complexity index is 151. The molecular weight excluding hydrogens is 128 g/mol. The summed E-state index contributed by atoms with van der Waals surface area (Å²) in [5, 5.41) is 0. The van der Waals surface area contributed by atoms with Crippen molar-refractivity contribution in [2.45, 2.75) is 27.7 Å². The molecular formula is C8H13O2. The summed E-state index contributed by atoms with van der Waals surface area (Å²) >= 11 is 0. The molecule has 0 aromatic carbocycles. The molecule has 0 heterocycles. The number of Topliss-reactive ketones (excluding diaryl/α,β-unsaturated/α-hetero) is 2. The van der Waals surface area contributed by atoms with Gasteiger partial charge in [-0.1, -0.05) is 20.8 Å². The normalized spacial score (nSPS) is 11.2. The first kappa shape index (κ1) is 9.34. The molecule has 0 aromatic heterocycles.